The van der Waals surface area contributed by atoms with Gasteiger partial charge in [-0.05, 0) is 37.7 Å². The molecule has 0 aromatic heterocycles. The number of hydrogen-bond donors (Lipinski definition) is 0. The predicted molar refractivity (Wildman–Crippen MR) is 65.4 cm³/mol. The fourth-order valence-electron chi connectivity index (χ4n) is 1.45. The second-order valence-electron chi connectivity index (χ2n) is 3.72. The molecule has 0 aliphatic heterocycles. The van der Waals surface area contributed by atoms with Gasteiger partial charge in [0.2, 0.25) is 0 Å². The van der Waals surface area contributed by atoms with Gasteiger partial charge in [0.05, 0.1) is 0 Å². The first kappa shape index (κ1) is 11.7. The standard InChI is InChI=1S/C12H18BrN/c1-3-4-8-14(2)10-11-6-5-7-12(13)9-11/h5-7,9H,3-4,8,10H2,1-2H3. The summed E-state index contributed by atoms with van der Waals surface area (Å²) in [5, 5.41) is 0. The van der Waals surface area contributed by atoms with E-state index in [1.54, 1.807) is 0 Å². The van der Waals surface area contributed by atoms with Gasteiger partial charge in [0.15, 0.2) is 0 Å². The summed E-state index contributed by atoms with van der Waals surface area (Å²) in [6.07, 6.45) is 2.55. The average molecular weight is 256 g/mol. The summed E-state index contributed by atoms with van der Waals surface area (Å²) in [5.41, 5.74) is 1.37. The Balaban J connectivity index is 2.43. The molecule has 78 valence electrons. The van der Waals surface area contributed by atoms with Crippen LogP contribution in [0.2, 0.25) is 0 Å². The van der Waals surface area contributed by atoms with Crippen molar-refractivity contribution >= 4 is 15.9 Å². The fourth-order valence-corrected chi connectivity index (χ4v) is 1.90. The van der Waals surface area contributed by atoms with Crippen LogP contribution < -0.4 is 0 Å². The molecule has 0 atom stereocenters. The lowest BCUT2D eigenvalue weighted by Gasteiger charge is -2.16. The van der Waals surface area contributed by atoms with Gasteiger partial charge in [-0.15, -0.1) is 0 Å². The molecule has 0 unspecified atom stereocenters. The molecule has 0 bridgehead atoms. The third-order valence-electron chi connectivity index (χ3n) is 2.23. The number of halogens is 1. The van der Waals surface area contributed by atoms with Crippen molar-refractivity contribution < 1.29 is 0 Å². The van der Waals surface area contributed by atoms with Crippen LogP contribution in [0.25, 0.3) is 0 Å². The molecule has 14 heavy (non-hydrogen) atoms. The minimum Gasteiger partial charge on any atom is -0.302 e. The van der Waals surface area contributed by atoms with Crippen LogP contribution in [-0.4, -0.2) is 18.5 Å². The van der Waals surface area contributed by atoms with Crippen molar-refractivity contribution in [2.45, 2.75) is 26.3 Å². The van der Waals surface area contributed by atoms with E-state index in [0.29, 0.717) is 0 Å². The smallest absolute Gasteiger partial charge is 0.0231 e. The molecule has 1 aromatic carbocycles. The third-order valence-corrected chi connectivity index (χ3v) is 2.73. The predicted octanol–water partition coefficient (Wildman–Crippen LogP) is 3.68. The molecule has 0 N–H and O–H groups in total. The zero-order valence-corrected chi connectivity index (χ0v) is 10.5. The zero-order valence-electron chi connectivity index (χ0n) is 8.96. The maximum Gasteiger partial charge on any atom is 0.0231 e. The summed E-state index contributed by atoms with van der Waals surface area (Å²) in [4.78, 5) is 2.37. The molecule has 0 heterocycles. The van der Waals surface area contributed by atoms with E-state index in [1.165, 1.54) is 29.4 Å². The molecule has 2 heteroatoms. The molecule has 0 saturated carbocycles. The van der Waals surface area contributed by atoms with Crippen LogP contribution in [0.5, 0.6) is 0 Å². The number of hydrogen-bond acceptors (Lipinski definition) is 1. The van der Waals surface area contributed by atoms with Crippen LogP contribution in [0.4, 0.5) is 0 Å². The summed E-state index contributed by atoms with van der Waals surface area (Å²) in [7, 11) is 2.18. The summed E-state index contributed by atoms with van der Waals surface area (Å²) < 4.78 is 1.17. The molecule has 0 radical (unpaired) electrons. The van der Waals surface area contributed by atoms with Crippen LogP contribution >= 0.6 is 15.9 Å². The van der Waals surface area contributed by atoms with Crippen molar-refractivity contribution in [1.29, 1.82) is 0 Å². The van der Waals surface area contributed by atoms with Gasteiger partial charge in [0.1, 0.15) is 0 Å². The van der Waals surface area contributed by atoms with Crippen LogP contribution in [0.3, 0.4) is 0 Å². The maximum atomic E-state index is 3.49. The van der Waals surface area contributed by atoms with Crippen LogP contribution in [0.1, 0.15) is 25.3 Å². The second-order valence-corrected chi connectivity index (χ2v) is 4.64. The molecule has 1 nitrogen and oxygen atoms in total. The van der Waals surface area contributed by atoms with Crippen molar-refractivity contribution in [2.24, 2.45) is 0 Å². The Morgan fingerprint density at radius 3 is 2.79 bits per heavy atom. The molecule has 0 spiro atoms. The maximum absolute atomic E-state index is 3.49. The summed E-state index contributed by atoms with van der Waals surface area (Å²) in [6.45, 7) is 4.45. The van der Waals surface area contributed by atoms with Crippen LogP contribution in [0, 0.1) is 0 Å². The first-order chi connectivity index (χ1) is 6.72. The number of nitrogens with zero attached hydrogens (tertiary/aromatic N) is 1. The molecule has 1 aromatic rings. The third kappa shape index (κ3) is 4.25. The Bertz CT molecular complexity index is 273. The first-order valence-corrected chi connectivity index (χ1v) is 5.94. The van der Waals surface area contributed by atoms with Gasteiger partial charge in [-0.1, -0.05) is 41.4 Å². The number of rotatable bonds is 5. The quantitative estimate of drug-likeness (QED) is 0.776. The number of unbranched alkanes of at least 4 members (excludes halogenated alkanes) is 1. The molecule has 0 aliphatic rings. The molecule has 0 aliphatic carbocycles. The van der Waals surface area contributed by atoms with Gasteiger partial charge in [-0.2, -0.15) is 0 Å². The minimum atomic E-state index is 1.04. The van der Waals surface area contributed by atoms with E-state index in [9.17, 15) is 0 Å². The van der Waals surface area contributed by atoms with E-state index in [-0.39, 0.29) is 0 Å². The molecule has 0 fully saturated rings. The van der Waals surface area contributed by atoms with Crippen molar-refractivity contribution in [3.05, 3.63) is 34.3 Å². The lowest BCUT2D eigenvalue weighted by molar-refractivity contribution is 0.321. The normalized spacial score (nSPS) is 10.9. The highest BCUT2D eigenvalue weighted by atomic mass is 79.9. The first-order valence-electron chi connectivity index (χ1n) is 5.15. The minimum absolute atomic E-state index is 1.04. The van der Waals surface area contributed by atoms with E-state index in [1.807, 2.05) is 0 Å². The molecule has 0 amide bonds. The van der Waals surface area contributed by atoms with Crippen molar-refractivity contribution in [1.82, 2.24) is 4.90 Å². The second kappa shape index (κ2) is 6.20. The Morgan fingerprint density at radius 2 is 2.14 bits per heavy atom. The van der Waals surface area contributed by atoms with Gasteiger partial charge in [-0.25, -0.2) is 0 Å². The van der Waals surface area contributed by atoms with Crippen molar-refractivity contribution in [3.63, 3.8) is 0 Å². The molecule has 1 rings (SSSR count). The Labute approximate surface area is 95.2 Å². The molecular formula is C12H18BrN. The van der Waals surface area contributed by atoms with E-state index in [2.05, 4.69) is 59.1 Å². The molecule has 0 saturated heterocycles. The van der Waals surface area contributed by atoms with E-state index in [0.717, 1.165) is 6.54 Å². The molecular weight excluding hydrogens is 238 g/mol. The fraction of sp³-hybridized carbons (Fsp3) is 0.500. The SMILES string of the molecule is CCCCN(C)Cc1cccc(Br)c1. The lowest BCUT2D eigenvalue weighted by atomic mass is 10.2. The highest BCUT2D eigenvalue weighted by Crippen LogP contribution is 2.13. The number of benzene rings is 1. The van der Waals surface area contributed by atoms with E-state index >= 15 is 0 Å². The van der Waals surface area contributed by atoms with Crippen LogP contribution in [0.15, 0.2) is 28.7 Å². The van der Waals surface area contributed by atoms with Gasteiger partial charge >= 0.3 is 0 Å². The largest absolute Gasteiger partial charge is 0.302 e. The Morgan fingerprint density at radius 1 is 1.36 bits per heavy atom. The topological polar surface area (TPSA) is 3.24 Å². The summed E-state index contributed by atoms with van der Waals surface area (Å²) >= 11 is 3.49. The van der Waals surface area contributed by atoms with Crippen LogP contribution in [-0.2, 0) is 6.54 Å². The zero-order chi connectivity index (χ0) is 10.4. The van der Waals surface area contributed by atoms with Crippen molar-refractivity contribution in [2.75, 3.05) is 13.6 Å². The Kier molecular flexibility index (Phi) is 5.20. The average Bonchev–Trinajstić information content (AvgIpc) is 2.15. The van der Waals surface area contributed by atoms with Crippen molar-refractivity contribution in [3.8, 4) is 0 Å². The lowest BCUT2D eigenvalue weighted by Crippen LogP contribution is -2.18. The van der Waals surface area contributed by atoms with Gasteiger partial charge in [-0.3, -0.25) is 0 Å². The van der Waals surface area contributed by atoms with Gasteiger partial charge < -0.3 is 4.90 Å². The van der Waals surface area contributed by atoms with E-state index in [4.69, 9.17) is 0 Å². The van der Waals surface area contributed by atoms with Gasteiger partial charge in [0.25, 0.3) is 0 Å². The monoisotopic (exact) mass is 255 g/mol. The van der Waals surface area contributed by atoms with Gasteiger partial charge in [0, 0.05) is 11.0 Å². The van der Waals surface area contributed by atoms with E-state index < -0.39 is 0 Å². The highest BCUT2D eigenvalue weighted by Gasteiger charge is 1.99. The summed E-state index contributed by atoms with van der Waals surface area (Å²) in [6, 6.07) is 8.51. The highest BCUT2D eigenvalue weighted by molar-refractivity contribution is 9.10. The Hall–Kier alpha value is -0.340. The summed E-state index contributed by atoms with van der Waals surface area (Å²) in [5.74, 6) is 0.